The molecule has 3 atom stereocenters. The third-order valence-corrected chi connectivity index (χ3v) is 7.56. The van der Waals surface area contributed by atoms with Gasteiger partial charge in [-0.3, -0.25) is 9.59 Å². The second kappa shape index (κ2) is 34.1. The van der Waals surface area contributed by atoms with E-state index in [0.717, 1.165) is 31.6 Å². The number of allylic oxidation sites excluding steroid dienone is 8. The van der Waals surface area contributed by atoms with Crippen LogP contribution >= 0.6 is 0 Å². The second-order valence-corrected chi connectivity index (χ2v) is 12.8. The number of hydrogen-bond donors (Lipinski definition) is 3. The van der Waals surface area contributed by atoms with Gasteiger partial charge < -0.3 is 24.8 Å². The van der Waals surface area contributed by atoms with E-state index in [-0.39, 0.29) is 25.6 Å². The fourth-order valence-corrected chi connectivity index (χ4v) is 4.71. The summed E-state index contributed by atoms with van der Waals surface area (Å²) in [6.07, 6.45) is 37.5. The molecule has 7 heteroatoms. The molecule has 3 N–H and O–H groups in total. The highest BCUT2D eigenvalue weighted by Gasteiger charge is 2.11. The van der Waals surface area contributed by atoms with E-state index in [9.17, 15) is 24.9 Å². The molecule has 0 aromatic carbocycles. The number of carbonyl (C=O) groups is 2. The van der Waals surface area contributed by atoms with Crippen molar-refractivity contribution in [1.82, 2.24) is 0 Å². The highest BCUT2D eigenvalue weighted by Crippen LogP contribution is 2.14. The van der Waals surface area contributed by atoms with Gasteiger partial charge in [0.2, 0.25) is 0 Å². The van der Waals surface area contributed by atoms with E-state index in [1.165, 1.54) is 51.4 Å². The Balaban J connectivity index is 3.75. The van der Waals surface area contributed by atoms with Crippen LogP contribution in [0.25, 0.3) is 0 Å². The molecule has 0 aliphatic rings. The Morgan fingerprint density at radius 3 is 1.60 bits per heavy atom. The van der Waals surface area contributed by atoms with Gasteiger partial charge in [-0.2, -0.15) is 0 Å². The molecule has 0 radical (unpaired) electrons. The maximum atomic E-state index is 11.9. The predicted octanol–water partition coefficient (Wildman–Crippen LogP) is 9.19. The first-order valence-corrected chi connectivity index (χ1v) is 18.6. The summed E-state index contributed by atoms with van der Waals surface area (Å²) in [5.74, 6) is 0.0801. The van der Waals surface area contributed by atoms with Crippen LogP contribution in [0, 0.1) is 5.92 Å². The van der Waals surface area contributed by atoms with E-state index in [1.54, 1.807) is 24.3 Å². The Hall–Kier alpha value is -2.74. The minimum atomic E-state index is -1.03. The molecule has 0 bridgehead atoms. The van der Waals surface area contributed by atoms with Crippen molar-refractivity contribution in [3.63, 3.8) is 0 Å². The molecule has 0 spiro atoms. The van der Waals surface area contributed by atoms with Crippen LogP contribution < -0.4 is 0 Å². The molecule has 48 heavy (non-hydrogen) atoms. The third kappa shape index (κ3) is 34.6. The van der Waals surface area contributed by atoms with Gasteiger partial charge in [-0.1, -0.05) is 158 Å². The molecular weight excluding hydrogens is 604 g/mol. The quantitative estimate of drug-likeness (QED) is 0.0291. The first-order chi connectivity index (χ1) is 23.2. The lowest BCUT2D eigenvalue weighted by molar-refractivity contribution is -0.152. The van der Waals surface area contributed by atoms with Gasteiger partial charge in [-0.05, 0) is 44.4 Å². The minimum absolute atomic E-state index is 0.170. The van der Waals surface area contributed by atoms with Crippen molar-refractivity contribution in [3.8, 4) is 0 Å². The number of rotatable bonds is 31. The molecule has 274 valence electrons. The van der Waals surface area contributed by atoms with Crippen LogP contribution in [0.1, 0.15) is 136 Å². The van der Waals surface area contributed by atoms with Crippen molar-refractivity contribution in [2.75, 3.05) is 13.2 Å². The summed E-state index contributed by atoms with van der Waals surface area (Å²) in [6, 6.07) is 0. The number of aliphatic hydroxyl groups excluding tert-OH is 3. The van der Waals surface area contributed by atoms with Gasteiger partial charge in [-0.15, -0.1) is 0 Å². The number of carbonyl (C=O) groups excluding carboxylic acids is 2. The van der Waals surface area contributed by atoms with E-state index in [1.807, 2.05) is 48.6 Å². The normalized spacial score (nSPS) is 14.5. The summed E-state index contributed by atoms with van der Waals surface area (Å²) < 4.78 is 10.2. The minimum Gasteiger partial charge on any atom is -0.463 e. The van der Waals surface area contributed by atoms with Crippen LogP contribution in [0.5, 0.6) is 0 Å². The summed E-state index contributed by atoms with van der Waals surface area (Å²) >= 11 is 0. The lowest BCUT2D eigenvalue weighted by Crippen LogP contribution is -2.25. The number of aliphatic hydroxyl groups is 3. The fourth-order valence-electron chi connectivity index (χ4n) is 4.71. The average Bonchev–Trinajstić information content (AvgIpc) is 3.06. The summed E-state index contributed by atoms with van der Waals surface area (Å²) in [4.78, 5) is 23.9. The number of ether oxygens (including phenoxy) is 2. The number of esters is 2. The molecule has 0 saturated heterocycles. The molecule has 0 saturated carbocycles. The van der Waals surface area contributed by atoms with E-state index in [4.69, 9.17) is 9.47 Å². The highest BCUT2D eigenvalue weighted by molar-refractivity contribution is 5.70. The Bertz CT molecular complexity index is 944. The predicted molar refractivity (Wildman–Crippen MR) is 198 cm³/mol. The lowest BCUT2D eigenvalue weighted by Gasteiger charge is -2.12. The molecule has 0 aromatic heterocycles. The molecule has 0 unspecified atom stereocenters. The van der Waals surface area contributed by atoms with Gasteiger partial charge in [0, 0.05) is 12.8 Å². The zero-order valence-corrected chi connectivity index (χ0v) is 30.4. The summed E-state index contributed by atoms with van der Waals surface area (Å²) in [5, 5.41) is 29.8. The van der Waals surface area contributed by atoms with Crippen molar-refractivity contribution in [1.29, 1.82) is 0 Å². The van der Waals surface area contributed by atoms with Crippen molar-refractivity contribution in [2.24, 2.45) is 5.92 Å². The van der Waals surface area contributed by atoms with Gasteiger partial charge in [0.1, 0.15) is 19.3 Å². The zero-order valence-electron chi connectivity index (χ0n) is 30.4. The van der Waals surface area contributed by atoms with Gasteiger partial charge in [0.25, 0.3) is 0 Å². The first kappa shape index (κ1) is 45.3. The Morgan fingerprint density at radius 1 is 0.583 bits per heavy atom. The molecule has 0 heterocycles. The smallest absolute Gasteiger partial charge is 0.306 e. The molecular formula is C41H68O7. The monoisotopic (exact) mass is 672 g/mol. The fraction of sp³-hybridized carbons (Fsp3) is 0.659. The Morgan fingerprint density at radius 2 is 1.06 bits per heavy atom. The van der Waals surface area contributed by atoms with E-state index in [2.05, 4.69) is 20.8 Å². The summed E-state index contributed by atoms with van der Waals surface area (Å²) in [7, 11) is 0. The van der Waals surface area contributed by atoms with Crippen molar-refractivity contribution in [3.05, 3.63) is 72.9 Å². The van der Waals surface area contributed by atoms with Gasteiger partial charge in [-0.25, -0.2) is 0 Å². The number of hydrogen-bond acceptors (Lipinski definition) is 7. The van der Waals surface area contributed by atoms with Crippen molar-refractivity contribution >= 4 is 11.9 Å². The van der Waals surface area contributed by atoms with Crippen LogP contribution in [-0.2, 0) is 19.1 Å². The van der Waals surface area contributed by atoms with Crippen LogP contribution in [0.15, 0.2) is 72.9 Å². The zero-order chi connectivity index (χ0) is 35.5. The summed E-state index contributed by atoms with van der Waals surface area (Å²) in [6.45, 7) is 6.26. The Kier molecular flexibility index (Phi) is 32.2. The van der Waals surface area contributed by atoms with Crippen LogP contribution in [-0.4, -0.2) is 58.8 Å². The van der Waals surface area contributed by atoms with Gasteiger partial charge in [0.05, 0.1) is 12.2 Å². The molecule has 0 rings (SSSR count). The maximum absolute atomic E-state index is 11.9. The lowest BCUT2D eigenvalue weighted by atomic mass is 10.0. The number of unbranched alkanes of at least 4 members (excludes halogenated alkanes) is 9. The van der Waals surface area contributed by atoms with Gasteiger partial charge >= 0.3 is 11.9 Å². The van der Waals surface area contributed by atoms with E-state index >= 15 is 0 Å². The Labute approximate surface area is 292 Å². The molecule has 0 aromatic rings. The second-order valence-electron chi connectivity index (χ2n) is 12.8. The van der Waals surface area contributed by atoms with Crippen LogP contribution in [0.2, 0.25) is 0 Å². The molecule has 7 nitrogen and oxygen atoms in total. The van der Waals surface area contributed by atoms with Crippen LogP contribution in [0.3, 0.4) is 0 Å². The van der Waals surface area contributed by atoms with Crippen molar-refractivity contribution < 1.29 is 34.4 Å². The summed E-state index contributed by atoms with van der Waals surface area (Å²) in [5.41, 5.74) is 0. The molecule has 0 fully saturated rings. The standard InChI is InChI=1S/C41H68O7/c1-4-5-20-28-37(42)30-23-18-19-24-31-38(43)29-22-15-12-13-17-26-33-41(46)48-35-39(44)34-47-40(45)32-25-16-11-9-7-6-8-10-14-21-27-36(2)3/h5,13,15,17-20,22-24,30-31,36-39,42-44H,4,6-12,14,16,21,25-29,32-35H2,1-3H3/b17-13-,19-18-,20-5-,22-15-,30-23+,31-24+/t37-,38+,39+/m1/s1. The van der Waals surface area contributed by atoms with E-state index in [0.29, 0.717) is 32.1 Å². The average molecular weight is 673 g/mol. The molecule has 0 aliphatic carbocycles. The topological polar surface area (TPSA) is 113 Å². The SMILES string of the molecule is CC/C=C\C[C@@H](O)/C=C/C=C\C=C\[C@@H](O)C/C=C\C/C=C\CCC(=O)OC[C@@H](O)COC(=O)CCCCCCCCCCCCC(C)C. The third-order valence-electron chi connectivity index (χ3n) is 7.56. The largest absolute Gasteiger partial charge is 0.463 e. The van der Waals surface area contributed by atoms with Crippen molar-refractivity contribution in [2.45, 2.75) is 155 Å². The maximum Gasteiger partial charge on any atom is 0.306 e. The van der Waals surface area contributed by atoms with E-state index < -0.39 is 24.3 Å². The molecule has 0 aliphatic heterocycles. The highest BCUT2D eigenvalue weighted by atomic mass is 16.6. The van der Waals surface area contributed by atoms with Gasteiger partial charge in [0.15, 0.2) is 0 Å². The van der Waals surface area contributed by atoms with Crippen LogP contribution in [0.4, 0.5) is 0 Å². The first-order valence-electron chi connectivity index (χ1n) is 18.6. The molecule has 0 amide bonds.